The first kappa shape index (κ1) is 29.9. The summed E-state index contributed by atoms with van der Waals surface area (Å²) in [7, 11) is 0. The Balaban J connectivity index is 1.70. The van der Waals surface area contributed by atoms with Crippen LogP contribution < -0.4 is 4.90 Å². The fourth-order valence-electron chi connectivity index (χ4n) is 5.20. The number of aryl methyl sites for hydroxylation is 2. The number of carbonyl (C=O) groups excluding carboxylic acids is 1. The third-order valence-electron chi connectivity index (χ3n) is 7.23. The second-order valence-corrected chi connectivity index (χ2v) is 12.3. The van der Waals surface area contributed by atoms with Gasteiger partial charge in [0.1, 0.15) is 5.60 Å². The average molecular weight is 606 g/mol. The smallest absolute Gasteiger partial charge is 0.410 e. The normalized spacial score (nSPS) is 14.7. The van der Waals surface area contributed by atoms with Gasteiger partial charge in [-0.15, -0.1) is 0 Å². The highest BCUT2D eigenvalue weighted by molar-refractivity contribution is 9.10. The highest BCUT2D eigenvalue weighted by atomic mass is 79.9. The molecule has 0 spiro atoms. The Morgan fingerprint density at radius 1 is 0.900 bits per heavy atom. The number of hydrogen-bond acceptors (Lipinski definition) is 4. The van der Waals surface area contributed by atoms with Crippen LogP contribution in [0.1, 0.15) is 61.4 Å². The maximum atomic E-state index is 12.5. The Bertz CT molecular complexity index is 1350. The minimum Gasteiger partial charge on any atom is -0.444 e. The number of amides is 1. The summed E-state index contributed by atoms with van der Waals surface area (Å²) in [6.07, 6.45) is 1.23. The van der Waals surface area contributed by atoms with E-state index in [9.17, 15) is 9.90 Å². The van der Waals surface area contributed by atoms with Crippen LogP contribution in [0.15, 0.2) is 71.2 Å². The third-order valence-corrected chi connectivity index (χ3v) is 8.12. The molecule has 0 unspecified atom stereocenters. The molecule has 1 saturated heterocycles. The van der Waals surface area contributed by atoms with Gasteiger partial charge in [-0.25, -0.2) is 4.79 Å². The second-order valence-electron chi connectivity index (χ2n) is 11.5. The van der Waals surface area contributed by atoms with Crippen LogP contribution in [0.5, 0.6) is 0 Å². The van der Waals surface area contributed by atoms with Gasteiger partial charge in [-0.2, -0.15) is 0 Å². The van der Waals surface area contributed by atoms with Crippen LogP contribution in [-0.4, -0.2) is 54.5 Å². The Morgan fingerprint density at radius 3 is 2.20 bits per heavy atom. The van der Waals surface area contributed by atoms with Gasteiger partial charge in [0.25, 0.3) is 0 Å². The summed E-state index contributed by atoms with van der Waals surface area (Å²) in [5.74, 6) is 0. The molecule has 1 amide bonds. The van der Waals surface area contributed by atoms with E-state index in [4.69, 9.17) is 4.74 Å². The molecule has 1 aliphatic heterocycles. The summed E-state index contributed by atoms with van der Waals surface area (Å²) in [5, 5.41) is 9.74. The van der Waals surface area contributed by atoms with Crippen LogP contribution in [0.4, 0.5) is 10.5 Å². The van der Waals surface area contributed by atoms with Gasteiger partial charge < -0.3 is 19.6 Å². The van der Waals surface area contributed by atoms with Crippen molar-refractivity contribution in [2.24, 2.45) is 0 Å². The summed E-state index contributed by atoms with van der Waals surface area (Å²) in [5.41, 5.74) is 9.01. The number of ether oxygens (including phenoxy) is 1. The summed E-state index contributed by atoms with van der Waals surface area (Å²) >= 11 is 3.67. The molecular weight excluding hydrogens is 564 g/mol. The van der Waals surface area contributed by atoms with E-state index in [2.05, 4.69) is 95.3 Å². The number of benzene rings is 3. The van der Waals surface area contributed by atoms with Gasteiger partial charge in [0.2, 0.25) is 0 Å². The number of nitrogens with zero attached hydrogens (tertiary/aromatic N) is 2. The van der Waals surface area contributed by atoms with Gasteiger partial charge in [-0.3, -0.25) is 0 Å². The first-order chi connectivity index (χ1) is 19.1. The summed E-state index contributed by atoms with van der Waals surface area (Å²) < 4.78 is 6.66. The Kier molecular flexibility index (Phi) is 9.75. The number of anilines is 1. The standard InChI is InChI=1S/C34H41BrN2O3/c1-24-23-28(36-17-19-37(20-18-36)33(39)40-34(3,4)5)14-15-29(24)32(27-13-16-31(35)25(2)22-27)30(12-9-21-38)26-10-7-6-8-11-26/h6-8,10-11,13-16,22-23,38H,9,12,17-21H2,1-5H3/b32-30-. The number of halogens is 1. The molecule has 3 aromatic carbocycles. The third kappa shape index (κ3) is 7.35. The molecule has 0 aromatic heterocycles. The fourth-order valence-corrected chi connectivity index (χ4v) is 5.45. The van der Waals surface area contributed by atoms with Gasteiger partial charge in [-0.05, 0) is 105 Å². The fraction of sp³-hybridized carbons (Fsp3) is 0.382. The minimum atomic E-state index is -0.491. The van der Waals surface area contributed by atoms with E-state index in [1.165, 1.54) is 39.0 Å². The van der Waals surface area contributed by atoms with Crippen molar-refractivity contribution in [3.8, 4) is 0 Å². The number of piperazine rings is 1. The van der Waals surface area contributed by atoms with E-state index in [-0.39, 0.29) is 12.7 Å². The van der Waals surface area contributed by atoms with E-state index >= 15 is 0 Å². The predicted octanol–water partition coefficient (Wildman–Crippen LogP) is 7.85. The zero-order valence-corrected chi connectivity index (χ0v) is 25.9. The SMILES string of the molecule is Cc1cc(/C(=C(\CCCO)c2ccccc2)c2ccc(N3CCN(C(=O)OC(C)(C)C)CC3)cc2C)ccc1Br. The lowest BCUT2D eigenvalue weighted by Gasteiger charge is -2.37. The molecule has 3 aromatic rings. The molecule has 0 bridgehead atoms. The number of allylic oxidation sites excluding steroid dienone is 1. The van der Waals surface area contributed by atoms with Crippen molar-refractivity contribution in [1.29, 1.82) is 0 Å². The molecule has 1 aliphatic rings. The van der Waals surface area contributed by atoms with Gasteiger partial charge in [0, 0.05) is 42.9 Å². The maximum absolute atomic E-state index is 12.5. The van der Waals surface area contributed by atoms with E-state index in [0.717, 1.165) is 29.7 Å². The van der Waals surface area contributed by atoms with Gasteiger partial charge in [0.15, 0.2) is 0 Å². The number of hydrogen-bond donors (Lipinski definition) is 1. The molecule has 1 heterocycles. The first-order valence-corrected chi connectivity index (χ1v) is 14.9. The summed E-state index contributed by atoms with van der Waals surface area (Å²) in [4.78, 5) is 16.7. The van der Waals surface area contributed by atoms with Crippen LogP contribution in [-0.2, 0) is 4.74 Å². The molecular formula is C34H41BrN2O3. The number of aliphatic hydroxyl groups excluding tert-OH is 1. The average Bonchev–Trinajstić information content (AvgIpc) is 2.93. The van der Waals surface area contributed by atoms with Crippen molar-refractivity contribution in [2.45, 2.75) is 53.1 Å². The minimum absolute atomic E-state index is 0.149. The number of aliphatic hydroxyl groups is 1. The van der Waals surface area contributed by atoms with Crippen LogP contribution in [0.25, 0.3) is 11.1 Å². The van der Waals surface area contributed by atoms with Crippen molar-refractivity contribution in [3.05, 3.63) is 99.0 Å². The Morgan fingerprint density at radius 2 is 1.60 bits per heavy atom. The molecule has 0 aliphatic carbocycles. The van der Waals surface area contributed by atoms with Crippen molar-refractivity contribution in [3.63, 3.8) is 0 Å². The van der Waals surface area contributed by atoms with Crippen LogP contribution in [0, 0.1) is 13.8 Å². The van der Waals surface area contributed by atoms with Crippen molar-refractivity contribution in [2.75, 3.05) is 37.7 Å². The van der Waals surface area contributed by atoms with E-state index < -0.39 is 5.60 Å². The highest BCUT2D eigenvalue weighted by Crippen LogP contribution is 2.38. The molecule has 1 fully saturated rings. The number of rotatable bonds is 7. The number of carbonyl (C=O) groups is 1. The van der Waals surface area contributed by atoms with Crippen LogP contribution >= 0.6 is 15.9 Å². The highest BCUT2D eigenvalue weighted by Gasteiger charge is 2.26. The maximum Gasteiger partial charge on any atom is 0.410 e. The summed E-state index contributed by atoms with van der Waals surface area (Å²) in [6, 6.07) is 23.7. The molecule has 0 saturated carbocycles. The van der Waals surface area contributed by atoms with E-state index in [0.29, 0.717) is 19.5 Å². The molecule has 6 heteroatoms. The monoisotopic (exact) mass is 604 g/mol. The Hall–Kier alpha value is -3.09. The Labute approximate surface area is 247 Å². The van der Waals surface area contributed by atoms with E-state index in [1.54, 1.807) is 4.90 Å². The van der Waals surface area contributed by atoms with Crippen molar-refractivity contribution >= 4 is 38.9 Å². The molecule has 1 N–H and O–H groups in total. The lowest BCUT2D eigenvalue weighted by Crippen LogP contribution is -2.50. The quantitative estimate of drug-likeness (QED) is 0.279. The molecule has 4 rings (SSSR count). The molecule has 212 valence electrons. The van der Waals surface area contributed by atoms with Crippen LogP contribution in [0.3, 0.4) is 0 Å². The van der Waals surface area contributed by atoms with Crippen LogP contribution in [0.2, 0.25) is 0 Å². The van der Waals surface area contributed by atoms with Gasteiger partial charge >= 0.3 is 6.09 Å². The van der Waals surface area contributed by atoms with Gasteiger partial charge in [0.05, 0.1) is 0 Å². The lowest BCUT2D eigenvalue weighted by atomic mass is 9.85. The predicted molar refractivity (Wildman–Crippen MR) is 169 cm³/mol. The molecule has 5 nitrogen and oxygen atoms in total. The zero-order chi connectivity index (χ0) is 28.9. The zero-order valence-electron chi connectivity index (χ0n) is 24.3. The largest absolute Gasteiger partial charge is 0.444 e. The van der Waals surface area contributed by atoms with Crippen molar-refractivity contribution in [1.82, 2.24) is 4.90 Å². The lowest BCUT2D eigenvalue weighted by molar-refractivity contribution is 0.0240. The first-order valence-electron chi connectivity index (χ1n) is 14.1. The molecule has 0 radical (unpaired) electrons. The van der Waals surface area contributed by atoms with Crippen molar-refractivity contribution < 1.29 is 14.6 Å². The topological polar surface area (TPSA) is 53.0 Å². The van der Waals surface area contributed by atoms with E-state index in [1.807, 2.05) is 26.8 Å². The second kappa shape index (κ2) is 13.0. The molecule has 0 atom stereocenters. The summed E-state index contributed by atoms with van der Waals surface area (Å²) in [6.45, 7) is 12.9. The van der Waals surface area contributed by atoms with Gasteiger partial charge in [-0.1, -0.05) is 64.5 Å². The molecule has 40 heavy (non-hydrogen) atoms.